The lowest BCUT2D eigenvalue weighted by atomic mass is 10.1. The summed E-state index contributed by atoms with van der Waals surface area (Å²) in [5.74, 6) is -2.92. The molecule has 6 nitrogen and oxygen atoms in total. The fraction of sp³-hybridized carbons (Fsp3) is 0.273. The van der Waals surface area contributed by atoms with Crippen LogP contribution in [0.3, 0.4) is 0 Å². The molecule has 1 N–H and O–H groups in total. The van der Waals surface area contributed by atoms with Crippen molar-refractivity contribution in [2.24, 2.45) is 5.10 Å². The summed E-state index contributed by atoms with van der Waals surface area (Å²) >= 11 is 0. The second-order valence-corrected chi connectivity index (χ2v) is 3.50. The SMILES string of the molecule is N#CCC(=O)N/N=C(/CC(=O)C(F)(F)F)c1ccco1. The van der Waals surface area contributed by atoms with Crippen molar-refractivity contribution in [2.75, 3.05) is 0 Å². The Morgan fingerprint density at radius 2 is 2.15 bits per heavy atom. The number of nitriles is 1. The van der Waals surface area contributed by atoms with E-state index in [1.54, 1.807) is 0 Å². The van der Waals surface area contributed by atoms with Crippen molar-refractivity contribution >= 4 is 17.4 Å². The monoisotopic (exact) mass is 287 g/mol. The standard InChI is InChI=1S/C11H8F3N3O3/c12-11(13,14)9(18)6-7(8-2-1-5-20-8)16-17-10(19)3-4-15/h1-2,5H,3,6H2,(H,17,19)/b16-7-. The molecule has 0 atom stereocenters. The van der Waals surface area contributed by atoms with Crippen molar-refractivity contribution in [2.45, 2.75) is 19.0 Å². The average molecular weight is 287 g/mol. The number of hydrogen-bond acceptors (Lipinski definition) is 5. The molecule has 1 aromatic rings. The van der Waals surface area contributed by atoms with Gasteiger partial charge in [0.05, 0.1) is 18.8 Å². The summed E-state index contributed by atoms with van der Waals surface area (Å²) in [6.07, 6.45) is -5.42. The van der Waals surface area contributed by atoms with Gasteiger partial charge >= 0.3 is 6.18 Å². The molecule has 1 amide bonds. The van der Waals surface area contributed by atoms with Crippen molar-refractivity contribution in [3.63, 3.8) is 0 Å². The van der Waals surface area contributed by atoms with Gasteiger partial charge in [0.1, 0.15) is 17.9 Å². The largest absolute Gasteiger partial charge is 0.463 e. The molecule has 1 aromatic heterocycles. The fourth-order valence-electron chi connectivity index (χ4n) is 1.12. The van der Waals surface area contributed by atoms with Crippen LogP contribution in [0.5, 0.6) is 0 Å². The Hall–Kier alpha value is -2.63. The number of alkyl halides is 3. The smallest absolute Gasteiger partial charge is 0.450 e. The first-order valence-electron chi connectivity index (χ1n) is 5.21. The Bertz CT molecular complexity index is 556. The first-order valence-corrected chi connectivity index (χ1v) is 5.21. The number of amides is 1. The van der Waals surface area contributed by atoms with Crippen LogP contribution in [0.15, 0.2) is 27.9 Å². The molecule has 0 bridgehead atoms. The quantitative estimate of drug-likeness (QED) is 0.656. The average Bonchev–Trinajstić information content (AvgIpc) is 2.86. The van der Waals surface area contributed by atoms with Crippen LogP contribution >= 0.6 is 0 Å². The molecule has 0 radical (unpaired) electrons. The third-order valence-corrected chi connectivity index (χ3v) is 2.00. The van der Waals surface area contributed by atoms with Gasteiger partial charge in [0.15, 0.2) is 0 Å². The topological polar surface area (TPSA) is 95.5 Å². The number of carbonyl (C=O) groups excluding carboxylic acids is 2. The second-order valence-electron chi connectivity index (χ2n) is 3.50. The third-order valence-electron chi connectivity index (χ3n) is 2.00. The van der Waals surface area contributed by atoms with Gasteiger partial charge in [0.25, 0.3) is 5.91 Å². The summed E-state index contributed by atoms with van der Waals surface area (Å²) in [5.41, 5.74) is 1.49. The number of nitrogens with one attached hydrogen (secondary N) is 1. The molecule has 0 aliphatic rings. The van der Waals surface area contributed by atoms with Gasteiger partial charge < -0.3 is 4.42 Å². The molecular weight excluding hydrogens is 279 g/mol. The van der Waals surface area contributed by atoms with Crippen LogP contribution in [0.1, 0.15) is 18.6 Å². The summed E-state index contributed by atoms with van der Waals surface area (Å²) in [7, 11) is 0. The van der Waals surface area contributed by atoms with E-state index in [-0.39, 0.29) is 11.5 Å². The molecule has 0 fully saturated rings. The van der Waals surface area contributed by atoms with Crippen LogP contribution in [-0.2, 0) is 9.59 Å². The number of carbonyl (C=O) groups is 2. The predicted molar refractivity (Wildman–Crippen MR) is 59.3 cm³/mol. The summed E-state index contributed by atoms with van der Waals surface area (Å²) in [4.78, 5) is 21.9. The van der Waals surface area contributed by atoms with E-state index in [1.165, 1.54) is 24.5 Å². The van der Waals surface area contributed by atoms with Crippen molar-refractivity contribution in [3.05, 3.63) is 24.2 Å². The van der Waals surface area contributed by atoms with E-state index in [4.69, 9.17) is 9.68 Å². The van der Waals surface area contributed by atoms with Crippen LogP contribution in [0.2, 0.25) is 0 Å². The molecular formula is C11H8F3N3O3. The highest BCUT2D eigenvalue weighted by atomic mass is 19.4. The highest BCUT2D eigenvalue weighted by Crippen LogP contribution is 2.19. The lowest BCUT2D eigenvalue weighted by Gasteiger charge is -2.06. The minimum absolute atomic E-state index is 0.0835. The molecule has 0 saturated heterocycles. The maximum Gasteiger partial charge on any atom is 0.450 e. The zero-order valence-electron chi connectivity index (χ0n) is 9.90. The summed E-state index contributed by atoms with van der Waals surface area (Å²) in [6, 6.07) is 4.22. The number of nitrogens with zero attached hydrogens (tertiary/aromatic N) is 2. The van der Waals surface area contributed by atoms with E-state index in [9.17, 15) is 22.8 Å². The van der Waals surface area contributed by atoms with E-state index in [2.05, 4.69) is 5.10 Å². The normalized spacial score (nSPS) is 11.8. The minimum atomic E-state index is -5.01. The molecule has 9 heteroatoms. The maximum atomic E-state index is 12.2. The molecule has 106 valence electrons. The minimum Gasteiger partial charge on any atom is -0.463 e. The maximum absolute atomic E-state index is 12.2. The molecule has 0 aliphatic heterocycles. The Morgan fingerprint density at radius 3 is 2.65 bits per heavy atom. The Balaban J connectivity index is 2.88. The van der Waals surface area contributed by atoms with Crippen molar-refractivity contribution in [3.8, 4) is 6.07 Å². The molecule has 20 heavy (non-hydrogen) atoms. The number of hydrazone groups is 1. The zero-order valence-corrected chi connectivity index (χ0v) is 9.90. The van der Waals surface area contributed by atoms with Crippen LogP contribution in [0.25, 0.3) is 0 Å². The van der Waals surface area contributed by atoms with Crippen molar-refractivity contribution in [1.29, 1.82) is 5.26 Å². The number of Topliss-reactive ketones (excluding diaryl/α,β-unsaturated/α-hetero) is 1. The molecule has 0 unspecified atom stereocenters. The lowest BCUT2D eigenvalue weighted by Crippen LogP contribution is -2.27. The molecule has 0 aromatic carbocycles. The molecule has 1 rings (SSSR count). The summed E-state index contributed by atoms with van der Waals surface area (Å²) < 4.78 is 41.5. The highest BCUT2D eigenvalue weighted by Gasteiger charge is 2.39. The van der Waals surface area contributed by atoms with Crippen LogP contribution < -0.4 is 5.43 Å². The third kappa shape index (κ3) is 4.56. The molecule has 0 spiro atoms. The number of ketones is 1. The fourth-order valence-corrected chi connectivity index (χ4v) is 1.12. The van der Waals surface area contributed by atoms with E-state index in [0.29, 0.717) is 0 Å². The Labute approximate surface area is 110 Å². The van der Waals surface area contributed by atoms with Gasteiger partial charge in [0.2, 0.25) is 5.78 Å². The number of furan rings is 1. The Kier molecular flexibility index (Phi) is 5.02. The van der Waals surface area contributed by atoms with Gasteiger partial charge in [-0.1, -0.05) is 0 Å². The van der Waals surface area contributed by atoms with Crippen molar-refractivity contribution < 1.29 is 27.2 Å². The number of hydrogen-bond donors (Lipinski definition) is 1. The lowest BCUT2D eigenvalue weighted by molar-refractivity contribution is -0.169. The molecule has 0 saturated carbocycles. The van der Waals surface area contributed by atoms with Gasteiger partial charge in [-0.2, -0.15) is 23.5 Å². The summed E-state index contributed by atoms with van der Waals surface area (Å²) in [6.45, 7) is 0. The number of rotatable bonds is 5. The first-order chi connectivity index (χ1) is 9.34. The van der Waals surface area contributed by atoms with E-state index < -0.39 is 30.7 Å². The molecule has 1 heterocycles. The molecule has 0 aliphatic carbocycles. The van der Waals surface area contributed by atoms with Gasteiger partial charge in [0, 0.05) is 0 Å². The van der Waals surface area contributed by atoms with Gasteiger partial charge in [-0.3, -0.25) is 9.59 Å². The first kappa shape index (κ1) is 15.4. The van der Waals surface area contributed by atoms with Gasteiger partial charge in [-0.05, 0) is 12.1 Å². The van der Waals surface area contributed by atoms with E-state index in [0.717, 1.165) is 0 Å². The predicted octanol–water partition coefficient (Wildman–Crippen LogP) is 1.54. The number of halogens is 3. The zero-order chi connectivity index (χ0) is 15.2. The van der Waals surface area contributed by atoms with Crippen LogP contribution in [0.4, 0.5) is 13.2 Å². The highest BCUT2D eigenvalue weighted by molar-refractivity contribution is 6.11. The second kappa shape index (κ2) is 6.51. The van der Waals surface area contributed by atoms with E-state index in [1.807, 2.05) is 5.43 Å². The summed E-state index contributed by atoms with van der Waals surface area (Å²) in [5, 5.41) is 11.6. The van der Waals surface area contributed by atoms with Crippen LogP contribution in [0, 0.1) is 11.3 Å². The van der Waals surface area contributed by atoms with Crippen molar-refractivity contribution in [1.82, 2.24) is 5.43 Å². The van der Waals surface area contributed by atoms with Crippen LogP contribution in [-0.4, -0.2) is 23.6 Å². The van der Waals surface area contributed by atoms with Gasteiger partial charge in [-0.15, -0.1) is 0 Å². The van der Waals surface area contributed by atoms with Gasteiger partial charge in [-0.25, -0.2) is 5.43 Å². The Morgan fingerprint density at radius 1 is 1.45 bits per heavy atom. The van der Waals surface area contributed by atoms with E-state index >= 15 is 0 Å².